The van der Waals surface area contributed by atoms with E-state index in [9.17, 15) is 14.7 Å². The summed E-state index contributed by atoms with van der Waals surface area (Å²) in [5.74, 6) is -0.672. The zero-order valence-corrected chi connectivity index (χ0v) is 17.3. The molecule has 0 atom stereocenters. The molecule has 1 aliphatic heterocycles. The second-order valence-corrected chi connectivity index (χ2v) is 7.81. The molecule has 0 radical (unpaired) electrons. The number of carboxylic acids is 1. The summed E-state index contributed by atoms with van der Waals surface area (Å²) in [5, 5.41) is 10.8. The number of hydrogen-bond donors (Lipinski definition) is 0. The number of carboxylic acid groups (broad SMARTS) is 1. The van der Waals surface area contributed by atoms with Gasteiger partial charge in [0.1, 0.15) is 4.32 Å². The predicted molar refractivity (Wildman–Crippen MR) is 114 cm³/mol. The second kappa shape index (κ2) is 9.58. The third-order valence-corrected chi connectivity index (χ3v) is 5.52. The number of thioether (sulfide) groups is 1. The number of carbonyl (C=O) groups is 2. The fourth-order valence-electron chi connectivity index (χ4n) is 2.73. The topological polar surface area (TPSA) is 78.9 Å². The summed E-state index contributed by atoms with van der Waals surface area (Å²) in [6.45, 7) is -0.0544. The van der Waals surface area contributed by atoms with E-state index in [4.69, 9.17) is 21.7 Å². The smallest absolute Gasteiger partial charge is 0.266 e. The average Bonchev–Trinajstić information content (AvgIpc) is 2.96. The third-order valence-electron chi connectivity index (χ3n) is 4.14. The molecule has 6 nitrogen and oxygen atoms in total. The van der Waals surface area contributed by atoms with Crippen LogP contribution in [-0.2, 0) is 16.0 Å². The number of carbonyl (C=O) groups excluding carboxylic acids is 2. The Kier molecular flexibility index (Phi) is 6.90. The van der Waals surface area contributed by atoms with E-state index >= 15 is 0 Å². The number of benzene rings is 2. The molecule has 0 bridgehead atoms. The molecule has 150 valence electrons. The van der Waals surface area contributed by atoms with E-state index in [0.29, 0.717) is 28.6 Å². The molecule has 0 saturated carbocycles. The molecule has 1 heterocycles. The van der Waals surface area contributed by atoms with Crippen molar-refractivity contribution in [3.8, 4) is 11.5 Å². The van der Waals surface area contributed by atoms with Gasteiger partial charge in [0.2, 0.25) is 0 Å². The molecule has 1 aliphatic rings. The van der Waals surface area contributed by atoms with Gasteiger partial charge < -0.3 is 19.4 Å². The molecule has 0 aliphatic carbocycles. The maximum atomic E-state index is 12.4. The highest BCUT2D eigenvalue weighted by molar-refractivity contribution is 8.26. The molecule has 1 amide bonds. The lowest BCUT2D eigenvalue weighted by Crippen LogP contribution is -2.40. The molecule has 3 rings (SSSR count). The van der Waals surface area contributed by atoms with Crippen LogP contribution in [0, 0.1) is 0 Å². The van der Waals surface area contributed by atoms with Crippen molar-refractivity contribution in [2.45, 2.75) is 6.42 Å². The highest BCUT2D eigenvalue weighted by Gasteiger charge is 2.31. The Hall–Kier alpha value is -2.84. The van der Waals surface area contributed by atoms with Crippen LogP contribution in [0.3, 0.4) is 0 Å². The standard InChI is InChI=1S/C21H19NO5S2/c1-26-17-11-15(12-18-20(25)22(13-19(23)24)21(28)29-18)7-8-16(17)27-10-9-14-5-3-2-4-6-14/h2-8,11-12H,9-10,13H2,1H3,(H,23,24)/p-1/b18-12-. The van der Waals surface area contributed by atoms with Gasteiger partial charge in [0.15, 0.2) is 11.5 Å². The van der Waals surface area contributed by atoms with Gasteiger partial charge in [-0.2, -0.15) is 0 Å². The first kappa shape index (κ1) is 20.9. The van der Waals surface area contributed by atoms with Crippen LogP contribution < -0.4 is 14.6 Å². The summed E-state index contributed by atoms with van der Waals surface area (Å²) in [6, 6.07) is 15.4. The summed E-state index contributed by atoms with van der Waals surface area (Å²) in [6.07, 6.45) is 2.41. The zero-order valence-electron chi connectivity index (χ0n) is 15.6. The zero-order chi connectivity index (χ0) is 20.8. The van der Waals surface area contributed by atoms with Crippen molar-refractivity contribution in [1.29, 1.82) is 0 Å². The number of ether oxygens (including phenoxy) is 2. The Labute approximate surface area is 178 Å². The molecule has 1 fully saturated rings. The van der Waals surface area contributed by atoms with Crippen molar-refractivity contribution in [3.63, 3.8) is 0 Å². The highest BCUT2D eigenvalue weighted by atomic mass is 32.2. The fraction of sp³-hybridized carbons (Fsp3) is 0.190. The highest BCUT2D eigenvalue weighted by Crippen LogP contribution is 2.34. The van der Waals surface area contributed by atoms with Crippen molar-refractivity contribution in [2.24, 2.45) is 0 Å². The lowest BCUT2D eigenvalue weighted by molar-refractivity contribution is -0.305. The first-order valence-electron chi connectivity index (χ1n) is 8.78. The SMILES string of the molecule is COc1cc(/C=C2\SC(=S)N(CC(=O)[O-])C2=O)ccc1OCCc1ccccc1. The Bertz CT molecular complexity index is 959. The van der Waals surface area contributed by atoms with Gasteiger partial charge in [-0.1, -0.05) is 60.4 Å². The van der Waals surface area contributed by atoms with Crippen LogP contribution in [0.2, 0.25) is 0 Å². The van der Waals surface area contributed by atoms with Crippen molar-refractivity contribution >= 4 is 46.3 Å². The van der Waals surface area contributed by atoms with Gasteiger partial charge in [-0.15, -0.1) is 0 Å². The van der Waals surface area contributed by atoms with Gasteiger partial charge in [0.25, 0.3) is 5.91 Å². The van der Waals surface area contributed by atoms with E-state index in [2.05, 4.69) is 0 Å². The molecule has 2 aromatic rings. The Morgan fingerprint density at radius 2 is 1.97 bits per heavy atom. The monoisotopic (exact) mass is 428 g/mol. The molecule has 2 aromatic carbocycles. The van der Waals surface area contributed by atoms with Crippen LogP contribution in [0.15, 0.2) is 53.4 Å². The fourth-order valence-corrected chi connectivity index (χ4v) is 3.99. The van der Waals surface area contributed by atoms with Crippen molar-refractivity contribution in [2.75, 3.05) is 20.3 Å². The Morgan fingerprint density at radius 3 is 2.66 bits per heavy atom. The minimum Gasteiger partial charge on any atom is -0.548 e. The molecule has 0 N–H and O–H groups in total. The summed E-state index contributed by atoms with van der Waals surface area (Å²) in [7, 11) is 1.54. The number of thiocarbonyl (C=S) groups is 1. The maximum Gasteiger partial charge on any atom is 0.266 e. The van der Waals surface area contributed by atoms with Crippen molar-refractivity contribution in [3.05, 3.63) is 64.6 Å². The molecule has 29 heavy (non-hydrogen) atoms. The largest absolute Gasteiger partial charge is 0.548 e. The first-order valence-corrected chi connectivity index (χ1v) is 10.0. The van der Waals surface area contributed by atoms with Crippen LogP contribution in [-0.4, -0.2) is 41.4 Å². The van der Waals surface area contributed by atoms with Crippen molar-refractivity contribution < 1.29 is 24.2 Å². The van der Waals surface area contributed by atoms with Gasteiger partial charge in [0.05, 0.1) is 31.1 Å². The van der Waals surface area contributed by atoms with Crippen LogP contribution in [0.5, 0.6) is 11.5 Å². The maximum absolute atomic E-state index is 12.4. The third kappa shape index (κ3) is 5.36. The van der Waals surface area contributed by atoms with E-state index < -0.39 is 18.4 Å². The number of aliphatic carboxylic acids is 1. The lowest BCUT2D eigenvalue weighted by atomic mass is 10.1. The molecule has 0 spiro atoms. The Balaban J connectivity index is 1.70. The molecule has 1 saturated heterocycles. The van der Waals surface area contributed by atoms with Crippen molar-refractivity contribution in [1.82, 2.24) is 4.90 Å². The molecule has 0 aromatic heterocycles. The minimum absolute atomic E-state index is 0.193. The van der Waals surface area contributed by atoms with Gasteiger partial charge in [-0.05, 0) is 29.3 Å². The minimum atomic E-state index is -1.36. The first-order chi connectivity index (χ1) is 14.0. The van der Waals surface area contributed by atoms with Crippen LogP contribution >= 0.6 is 24.0 Å². The van der Waals surface area contributed by atoms with Gasteiger partial charge in [-0.25, -0.2) is 0 Å². The number of amides is 1. The summed E-state index contributed by atoms with van der Waals surface area (Å²) >= 11 is 6.13. The molecular weight excluding hydrogens is 410 g/mol. The van der Waals surface area contributed by atoms with E-state index in [1.807, 2.05) is 30.3 Å². The number of nitrogens with zero attached hydrogens (tertiary/aromatic N) is 1. The van der Waals surface area contributed by atoms with Crippen LogP contribution in [0.1, 0.15) is 11.1 Å². The second-order valence-electron chi connectivity index (χ2n) is 6.13. The van der Waals surface area contributed by atoms with E-state index in [0.717, 1.165) is 23.1 Å². The van der Waals surface area contributed by atoms with Gasteiger partial charge in [0, 0.05) is 6.42 Å². The van der Waals surface area contributed by atoms with E-state index in [1.54, 1.807) is 31.4 Å². The van der Waals surface area contributed by atoms with E-state index in [1.165, 1.54) is 5.56 Å². The number of methoxy groups -OCH3 is 1. The average molecular weight is 429 g/mol. The van der Waals surface area contributed by atoms with E-state index in [-0.39, 0.29) is 4.32 Å². The number of rotatable bonds is 8. The predicted octanol–water partition coefficient (Wildman–Crippen LogP) is 2.27. The number of hydrogen-bond acceptors (Lipinski definition) is 7. The molecule has 8 heteroatoms. The van der Waals surface area contributed by atoms with Gasteiger partial charge in [-0.3, -0.25) is 9.69 Å². The molecular formula is C21H18NO5S2-. The summed E-state index contributed by atoms with van der Waals surface area (Å²) < 4.78 is 11.4. The molecule has 0 unspecified atom stereocenters. The van der Waals surface area contributed by atoms with Crippen LogP contribution in [0.4, 0.5) is 0 Å². The Morgan fingerprint density at radius 1 is 1.21 bits per heavy atom. The quantitative estimate of drug-likeness (QED) is 0.471. The summed E-state index contributed by atoms with van der Waals surface area (Å²) in [5.41, 5.74) is 1.90. The lowest BCUT2D eigenvalue weighted by Gasteiger charge is -2.14. The normalized spacial score (nSPS) is 15.1. The van der Waals surface area contributed by atoms with Gasteiger partial charge >= 0.3 is 0 Å². The summed E-state index contributed by atoms with van der Waals surface area (Å²) in [4.78, 5) is 24.5. The van der Waals surface area contributed by atoms with Crippen LogP contribution in [0.25, 0.3) is 6.08 Å².